The highest BCUT2D eigenvalue weighted by atomic mass is 16.5. The van der Waals surface area contributed by atoms with Gasteiger partial charge in [-0.1, -0.05) is 34.1 Å². The van der Waals surface area contributed by atoms with E-state index in [9.17, 15) is 14.4 Å². The number of ketones is 2. The molecule has 0 aliphatic heterocycles. The summed E-state index contributed by atoms with van der Waals surface area (Å²) in [7, 11) is 2.87. The number of carbonyl (C=O) groups is 3. The van der Waals surface area contributed by atoms with Crippen LogP contribution >= 0.6 is 0 Å². The highest BCUT2D eigenvalue weighted by Gasteiger charge is 2.58. The van der Waals surface area contributed by atoms with Crippen LogP contribution in [-0.4, -0.2) is 37.9 Å². The number of carbonyl (C=O) groups excluding carboxylic acids is 3. The summed E-state index contributed by atoms with van der Waals surface area (Å²) in [5, 5.41) is 0. The highest BCUT2D eigenvalue weighted by Crippen LogP contribution is 2.62. The standard InChI is InChI=1S/C25H36O6/c1-14-9-10-18-24(3,4)11-8-12-25(18,5)20(14)23(31-15(2)26)19-21(28)16(27)13-17(29-6)22(19)30-7/h13-14,18,20,23H,8-12H2,1-7H3/t14-,18-,20+,23?,25-/m0/s1. The number of Topliss-reactive ketones (excluding diaryl/α,β-unsaturated/α-hetero) is 1. The van der Waals surface area contributed by atoms with Crippen molar-refractivity contribution in [2.24, 2.45) is 28.6 Å². The van der Waals surface area contributed by atoms with Crippen molar-refractivity contribution in [3.8, 4) is 0 Å². The Morgan fingerprint density at radius 1 is 1.10 bits per heavy atom. The van der Waals surface area contributed by atoms with Gasteiger partial charge in [-0.2, -0.15) is 0 Å². The Labute approximate surface area is 185 Å². The van der Waals surface area contributed by atoms with Crippen molar-refractivity contribution < 1.29 is 28.6 Å². The number of esters is 1. The molecular formula is C25H36O6. The largest absolute Gasteiger partial charge is 0.493 e. The van der Waals surface area contributed by atoms with E-state index in [1.165, 1.54) is 21.1 Å². The Morgan fingerprint density at radius 2 is 1.77 bits per heavy atom. The number of fused-ring (bicyclic) bond motifs is 1. The van der Waals surface area contributed by atoms with Crippen LogP contribution in [0.1, 0.15) is 66.7 Å². The third-order valence-electron chi connectivity index (χ3n) is 8.09. The first-order chi connectivity index (χ1) is 14.5. The number of rotatable bonds is 5. The minimum atomic E-state index is -0.862. The molecule has 6 nitrogen and oxygen atoms in total. The summed E-state index contributed by atoms with van der Waals surface area (Å²) in [4.78, 5) is 37.9. The minimum Gasteiger partial charge on any atom is -0.493 e. The van der Waals surface area contributed by atoms with E-state index in [-0.39, 0.29) is 39.8 Å². The first kappa shape index (κ1) is 23.6. The van der Waals surface area contributed by atoms with Crippen molar-refractivity contribution >= 4 is 17.5 Å². The molecule has 0 aromatic heterocycles. The molecule has 6 heteroatoms. The second-order valence-electron chi connectivity index (χ2n) is 10.4. The van der Waals surface area contributed by atoms with Gasteiger partial charge in [-0.05, 0) is 48.3 Å². The molecule has 0 bridgehead atoms. The molecule has 0 aromatic carbocycles. The predicted molar refractivity (Wildman–Crippen MR) is 116 cm³/mol. The van der Waals surface area contributed by atoms with Crippen LogP contribution in [0, 0.1) is 28.6 Å². The molecule has 5 atom stereocenters. The zero-order valence-electron chi connectivity index (χ0n) is 19.9. The van der Waals surface area contributed by atoms with E-state index < -0.39 is 23.6 Å². The van der Waals surface area contributed by atoms with Gasteiger partial charge in [0.15, 0.2) is 11.5 Å². The SMILES string of the molecule is COC1=CC(=O)C(=O)C(C(OC(C)=O)[C@H]2[C@@H](C)CC[C@H]3C(C)(C)CCC[C@]23C)=C1OC. The molecule has 0 spiro atoms. The van der Waals surface area contributed by atoms with E-state index in [4.69, 9.17) is 14.2 Å². The van der Waals surface area contributed by atoms with Gasteiger partial charge in [0.2, 0.25) is 11.6 Å². The molecule has 0 radical (unpaired) electrons. The lowest BCUT2D eigenvalue weighted by atomic mass is 9.45. The summed E-state index contributed by atoms with van der Waals surface area (Å²) < 4.78 is 16.8. The van der Waals surface area contributed by atoms with Crippen molar-refractivity contribution in [3.05, 3.63) is 23.2 Å². The maximum atomic E-state index is 13.1. The molecule has 3 aliphatic carbocycles. The molecule has 2 saturated carbocycles. The van der Waals surface area contributed by atoms with Crippen molar-refractivity contribution in [2.75, 3.05) is 14.2 Å². The monoisotopic (exact) mass is 432 g/mol. The summed E-state index contributed by atoms with van der Waals surface area (Å²) in [6.45, 7) is 10.4. The first-order valence-corrected chi connectivity index (χ1v) is 11.3. The van der Waals surface area contributed by atoms with Crippen LogP contribution in [0.2, 0.25) is 0 Å². The quantitative estimate of drug-likeness (QED) is 0.364. The lowest BCUT2D eigenvalue weighted by Crippen LogP contribution is -2.56. The van der Waals surface area contributed by atoms with Gasteiger partial charge in [0, 0.05) is 18.9 Å². The van der Waals surface area contributed by atoms with Crippen LogP contribution in [0.15, 0.2) is 23.2 Å². The molecule has 0 N–H and O–H groups in total. The number of allylic oxidation sites excluding steroid dienone is 1. The Balaban J connectivity index is 2.21. The summed E-state index contributed by atoms with van der Waals surface area (Å²) in [5.41, 5.74) is 0.140. The number of ether oxygens (including phenoxy) is 3. The molecule has 0 heterocycles. The molecule has 31 heavy (non-hydrogen) atoms. The van der Waals surface area contributed by atoms with Gasteiger partial charge in [0.1, 0.15) is 6.10 Å². The zero-order chi connectivity index (χ0) is 23.1. The van der Waals surface area contributed by atoms with Crippen LogP contribution in [0.3, 0.4) is 0 Å². The van der Waals surface area contributed by atoms with E-state index in [0.717, 1.165) is 38.2 Å². The lowest BCUT2D eigenvalue weighted by Gasteiger charge is -2.60. The van der Waals surface area contributed by atoms with Gasteiger partial charge in [0.05, 0.1) is 19.8 Å². The third kappa shape index (κ3) is 3.94. The van der Waals surface area contributed by atoms with E-state index in [2.05, 4.69) is 27.7 Å². The first-order valence-electron chi connectivity index (χ1n) is 11.3. The van der Waals surface area contributed by atoms with Gasteiger partial charge in [-0.3, -0.25) is 14.4 Å². The molecule has 3 rings (SSSR count). The van der Waals surface area contributed by atoms with Crippen molar-refractivity contribution in [1.29, 1.82) is 0 Å². The topological polar surface area (TPSA) is 78.9 Å². The Kier molecular flexibility index (Phi) is 6.41. The number of methoxy groups -OCH3 is 2. The number of hydrogen-bond acceptors (Lipinski definition) is 6. The van der Waals surface area contributed by atoms with Crippen LogP contribution in [0.4, 0.5) is 0 Å². The molecule has 2 fully saturated rings. The van der Waals surface area contributed by atoms with E-state index in [1.807, 2.05) is 0 Å². The Morgan fingerprint density at radius 3 is 2.35 bits per heavy atom. The fourth-order valence-electron chi connectivity index (χ4n) is 6.92. The normalized spacial score (nSPS) is 33.9. The molecular weight excluding hydrogens is 396 g/mol. The molecule has 3 aliphatic rings. The van der Waals surface area contributed by atoms with Crippen molar-refractivity contribution in [1.82, 2.24) is 0 Å². The molecule has 0 aromatic rings. The van der Waals surface area contributed by atoms with Crippen LogP contribution < -0.4 is 0 Å². The van der Waals surface area contributed by atoms with E-state index >= 15 is 0 Å². The van der Waals surface area contributed by atoms with Crippen molar-refractivity contribution in [3.63, 3.8) is 0 Å². The fraction of sp³-hybridized carbons (Fsp3) is 0.720. The van der Waals surface area contributed by atoms with Gasteiger partial charge in [-0.25, -0.2) is 0 Å². The molecule has 0 saturated heterocycles. The lowest BCUT2D eigenvalue weighted by molar-refractivity contribution is -0.165. The van der Waals surface area contributed by atoms with Gasteiger partial charge >= 0.3 is 5.97 Å². The average molecular weight is 433 g/mol. The van der Waals surface area contributed by atoms with Crippen LogP contribution in [0.5, 0.6) is 0 Å². The summed E-state index contributed by atoms with van der Waals surface area (Å²) >= 11 is 0. The Hall–Kier alpha value is -2.11. The number of hydrogen-bond donors (Lipinski definition) is 0. The maximum absolute atomic E-state index is 13.1. The van der Waals surface area contributed by atoms with Gasteiger partial charge in [-0.15, -0.1) is 0 Å². The third-order valence-corrected chi connectivity index (χ3v) is 8.09. The smallest absolute Gasteiger partial charge is 0.303 e. The second kappa shape index (κ2) is 8.44. The van der Waals surface area contributed by atoms with Gasteiger partial charge < -0.3 is 14.2 Å². The van der Waals surface area contributed by atoms with Crippen LogP contribution in [0.25, 0.3) is 0 Å². The highest BCUT2D eigenvalue weighted by molar-refractivity contribution is 6.48. The maximum Gasteiger partial charge on any atom is 0.303 e. The minimum absolute atomic E-state index is 0.108. The summed E-state index contributed by atoms with van der Waals surface area (Å²) in [6.07, 6.45) is 5.62. The van der Waals surface area contributed by atoms with E-state index in [0.29, 0.717) is 5.92 Å². The fourth-order valence-corrected chi connectivity index (χ4v) is 6.92. The summed E-state index contributed by atoms with van der Waals surface area (Å²) in [6, 6.07) is 0. The van der Waals surface area contributed by atoms with E-state index in [1.54, 1.807) is 0 Å². The zero-order valence-corrected chi connectivity index (χ0v) is 19.9. The van der Waals surface area contributed by atoms with Gasteiger partial charge in [0.25, 0.3) is 0 Å². The summed E-state index contributed by atoms with van der Waals surface area (Å²) in [5.74, 6) is -0.926. The Bertz CT molecular complexity index is 835. The molecule has 0 amide bonds. The molecule has 172 valence electrons. The predicted octanol–water partition coefficient (Wildman–Crippen LogP) is 4.38. The second-order valence-corrected chi connectivity index (χ2v) is 10.4. The molecule has 1 unspecified atom stereocenters. The van der Waals surface area contributed by atoms with Crippen molar-refractivity contribution in [2.45, 2.75) is 72.8 Å². The van der Waals surface area contributed by atoms with Crippen LogP contribution in [-0.2, 0) is 28.6 Å². The average Bonchev–Trinajstić information content (AvgIpc) is 2.67.